The van der Waals surface area contributed by atoms with Crippen molar-refractivity contribution in [3.8, 4) is 28.3 Å². The number of nitrogens with zero attached hydrogens (tertiary/aromatic N) is 8. The highest BCUT2D eigenvalue weighted by Gasteiger charge is 2.21. The first-order chi connectivity index (χ1) is 16.4. The minimum Gasteiger partial charge on any atom is -0.355 e. The molecule has 4 aromatic rings. The Hall–Kier alpha value is -3.71. The number of anilines is 1. The van der Waals surface area contributed by atoms with Gasteiger partial charge in [0.1, 0.15) is 11.9 Å². The third kappa shape index (κ3) is 3.92. The van der Waals surface area contributed by atoms with Gasteiger partial charge >= 0.3 is 0 Å². The SMILES string of the molecule is CN=S1(=O)CCN(c2ccc(-c3cc(-c4cnn(C(C)C)c4)cn4ncc(C#N)c34)cn2)CC1. The van der Waals surface area contributed by atoms with Gasteiger partial charge in [-0.3, -0.25) is 4.68 Å². The third-order valence-electron chi connectivity index (χ3n) is 6.27. The van der Waals surface area contributed by atoms with Crippen molar-refractivity contribution in [2.24, 2.45) is 4.36 Å². The van der Waals surface area contributed by atoms with Crippen LogP contribution in [0.2, 0.25) is 0 Å². The van der Waals surface area contributed by atoms with Gasteiger partial charge in [0.2, 0.25) is 0 Å². The smallest absolute Gasteiger partial charge is 0.128 e. The number of rotatable bonds is 4. The molecule has 0 unspecified atom stereocenters. The Bertz CT molecular complexity index is 1500. The van der Waals surface area contributed by atoms with Gasteiger partial charge in [0, 0.05) is 88.3 Å². The van der Waals surface area contributed by atoms with Crippen LogP contribution in [0.4, 0.5) is 5.82 Å². The summed E-state index contributed by atoms with van der Waals surface area (Å²) in [5, 5.41) is 18.5. The molecule has 174 valence electrons. The van der Waals surface area contributed by atoms with Crippen LogP contribution in [0.25, 0.3) is 27.8 Å². The van der Waals surface area contributed by atoms with Crippen LogP contribution in [-0.2, 0) is 9.73 Å². The zero-order valence-corrected chi connectivity index (χ0v) is 20.2. The van der Waals surface area contributed by atoms with Gasteiger partial charge in [-0.05, 0) is 32.0 Å². The largest absolute Gasteiger partial charge is 0.355 e. The van der Waals surface area contributed by atoms with E-state index >= 15 is 0 Å². The van der Waals surface area contributed by atoms with Gasteiger partial charge in [-0.15, -0.1) is 0 Å². The Morgan fingerprint density at radius 2 is 1.85 bits per heavy atom. The van der Waals surface area contributed by atoms with Crippen LogP contribution in [0.15, 0.2) is 53.5 Å². The van der Waals surface area contributed by atoms with Crippen molar-refractivity contribution in [3.05, 3.63) is 54.7 Å². The third-order valence-corrected chi connectivity index (χ3v) is 8.58. The fourth-order valence-corrected chi connectivity index (χ4v) is 5.79. The Labute approximate surface area is 198 Å². The molecule has 5 rings (SSSR count). The van der Waals surface area contributed by atoms with Crippen molar-refractivity contribution < 1.29 is 4.21 Å². The van der Waals surface area contributed by atoms with Crippen LogP contribution in [0, 0.1) is 11.3 Å². The molecule has 0 saturated carbocycles. The van der Waals surface area contributed by atoms with E-state index < -0.39 is 9.73 Å². The van der Waals surface area contributed by atoms with Crippen LogP contribution < -0.4 is 4.90 Å². The number of hydrogen-bond donors (Lipinski definition) is 0. The molecule has 9 nitrogen and oxygen atoms in total. The van der Waals surface area contributed by atoms with Crippen LogP contribution in [-0.4, -0.2) is 60.2 Å². The predicted molar refractivity (Wildman–Crippen MR) is 133 cm³/mol. The first-order valence-electron chi connectivity index (χ1n) is 11.2. The molecule has 1 aliphatic rings. The van der Waals surface area contributed by atoms with Crippen molar-refractivity contribution in [2.75, 3.05) is 36.5 Å². The van der Waals surface area contributed by atoms with Crippen LogP contribution in [0.5, 0.6) is 0 Å². The predicted octanol–water partition coefficient (Wildman–Crippen LogP) is 3.63. The summed E-state index contributed by atoms with van der Waals surface area (Å²) in [7, 11) is -0.434. The molecule has 10 heteroatoms. The lowest BCUT2D eigenvalue weighted by Crippen LogP contribution is -2.40. The normalized spacial score (nSPS) is 15.6. The Morgan fingerprint density at radius 1 is 1.06 bits per heavy atom. The topological polar surface area (TPSA) is 104 Å². The summed E-state index contributed by atoms with van der Waals surface area (Å²) in [4.78, 5) is 6.85. The van der Waals surface area contributed by atoms with Gasteiger partial charge in [0.05, 0.1) is 23.5 Å². The van der Waals surface area contributed by atoms with Gasteiger partial charge in [0.15, 0.2) is 0 Å². The first kappa shape index (κ1) is 22.1. The lowest BCUT2D eigenvalue weighted by atomic mass is 10.0. The van der Waals surface area contributed by atoms with Gasteiger partial charge in [0.25, 0.3) is 0 Å². The van der Waals surface area contributed by atoms with Gasteiger partial charge < -0.3 is 4.90 Å². The molecule has 0 amide bonds. The van der Waals surface area contributed by atoms with Gasteiger partial charge in [-0.2, -0.15) is 15.5 Å². The lowest BCUT2D eigenvalue weighted by molar-refractivity contribution is 0.532. The number of aromatic nitrogens is 5. The Kier molecular flexibility index (Phi) is 5.57. The second-order valence-electron chi connectivity index (χ2n) is 8.66. The maximum absolute atomic E-state index is 12.5. The van der Waals surface area contributed by atoms with E-state index in [9.17, 15) is 9.47 Å². The monoisotopic (exact) mass is 474 g/mol. The molecule has 4 aromatic heterocycles. The molecule has 0 radical (unpaired) electrons. The van der Waals surface area contributed by atoms with E-state index in [4.69, 9.17) is 4.98 Å². The summed E-state index contributed by atoms with van der Waals surface area (Å²) in [6, 6.07) is 8.57. The standard InChI is InChI=1S/C24H26N8OS/c1-17(2)31-16-21(14-28-31)19-10-22(24-20(11-25)13-29-32(24)15-19)18-4-5-23(27-12-18)30-6-8-34(33,26-3)9-7-30/h4-5,10,12-17H,6-9H2,1-3H3. The molecular weight excluding hydrogens is 448 g/mol. The average molecular weight is 475 g/mol. The number of nitriles is 1. The van der Waals surface area contributed by atoms with E-state index in [0.717, 1.165) is 33.6 Å². The number of pyridine rings is 2. The lowest BCUT2D eigenvalue weighted by Gasteiger charge is -2.29. The second-order valence-corrected chi connectivity index (χ2v) is 11.4. The molecular formula is C24H26N8OS. The minimum atomic E-state index is -2.07. The van der Waals surface area contributed by atoms with Crippen LogP contribution in [0.1, 0.15) is 25.5 Å². The maximum atomic E-state index is 12.5. The Balaban J connectivity index is 1.54. The summed E-state index contributed by atoms with van der Waals surface area (Å²) < 4.78 is 20.2. The highest BCUT2D eigenvalue weighted by atomic mass is 32.2. The highest BCUT2D eigenvalue weighted by molar-refractivity contribution is 7.93. The quantitative estimate of drug-likeness (QED) is 0.447. The summed E-state index contributed by atoms with van der Waals surface area (Å²) in [6.07, 6.45) is 9.20. The van der Waals surface area contributed by atoms with Gasteiger partial charge in [-0.25, -0.2) is 18.1 Å². The summed E-state index contributed by atoms with van der Waals surface area (Å²) in [6.45, 7) is 5.51. The molecule has 1 aliphatic heterocycles. The Morgan fingerprint density at radius 3 is 2.47 bits per heavy atom. The molecule has 34 heavy (non-hydrogen) atoms. The van der Waals surface area contributed by atoms with Crippen molar-refractivity contribution in [1.82, 2.24) is 24.4 Å². The molecule has 1 fully saturated rings. The van der Waals surface area contributed by atoms with E-state index in [0.29, 0.717) is 30.2 Å². The van der Waals surface area contributed by atoms with E-state index in [1.165, 1.54) is 0 Å². The second kappa shape index (κ2) is 8.57. The maximum Gasteiger partial charge on any atom is 0.128 e. The van der Waals surface area contributed by atoms with Crippen molar-refractivity contribution in [3.63, 3.8) is 0 Å². The van der Waals surface area contributed by atoms with Crippen LogP contribution in [0.3, 0.4) is 0 Å². The van der Waals surface area contributed by atoms with Crippen molar-refractivity contribution in [2.45, 2.75) is 19.9 Å². The average Bonchev–Trinajstić information content (AvgIpc) is 3.52. The van der Waals surface area contributed by atoms with Crippen molar-refractivity contribution in [1.29, 1.82) is 5.26 Å². The zero-order valence-electron chi connectivity index (χ0n) is 19.4. The summed E-state index contributed by atoms with van der Waals surface area (Å²) in [5.41, 5.74) is 4.98. The van der Waals surface area contributed by atoms with E-state index in [-0.39, 0.29) is 6.04 Å². The van der Waals surface area contributed by atoms with E-state index in [1.54, 1.807) is 17.8 Å². The first-order valence-corrected chi connectivity index (χ1v) is 13.0. The molecule has 0 bridgehead atoms. The summed E-state index contributed by atoms with van der Waals surface area (Å²) in [5.74, 6) is 1.96. The fraction of sp³-hybridized carbons (Fsp3) is 0.333. The zero-order chi connectivity index (χ0) is 23.9. The number of hydrogen-bond acceptors (Lipinski definition) is 7. The molecule has 5 heterocycles. The minimum absolute atomic E-state index is 0.262. The van der Waals surface area contributed by atoms with Crippen molar-refractivity contribution >= 4 is 21.1 Å². The number of fused-ring (bicyclic) bond motifs is 1. The molecule has 0 aliphatic carbocycles. The fourth-order valence-electron chi connectivity index (χ4n) is 4.21. The van der Waals surface area contributed by atoms with Gasteiger partial charge in [-0.1, -0.05) is 0 Å². The summed E-state index contributed by atoms with van der Waals surface area (Å²) >= 11 is 0. The van der Waals surface area contributed by atoms with E-state index in [2.05, 4.69) is 45.4 Å². The molecule has 0 atom stereocenters. The molecule has 1 saturated heterocycles. The molecule has 0 aromatic carbocycles. The highest BCUT2D eigenvalue weighted by Crippen LogP contribution is 2.32. The molecule has 0 spiro atoms. The van der Waals surface area contributed by atoms with Crippen LogP contribution >= 0.6 is 0 Å². The van der Waals surface area contributed by atoms with E-state index in [1.807, 2.05) is 41.6 Å². The molecule has 0 N–H and O–H groups in total.